The second-order valence-corrected chi connectivity index (χ2v) is 8.20. The van der Waals surface area contributed by atoms with E-state index in [9.17, 15) is 9.90 Å². The van der Waals surface area contributed by atoms with E-state index < -0.39 is 35.7 Å². The molecule has 30 heavy (non-hydrogen) atoms. The molecule has 2 saturated heterocycles. The van der Waals surface area contributed by atoms with E-state index in [0.29, 0.717) is 22.3 Å². The van der Waals surface area contributed by atoms with Crippen molar-refractivity contribution in [3.05, 3.63) is 29.7 Å². The lowest BCUT2D eigenvalue weighted by Crippen LogP contribution is -2.40. The molecule has 0 unspecified atom stereocenters. The average Bonchev–Trinajstić information content (AvgIpc) is 3.26. The average molecular weight is 418 g/mol. The zero-order valence-electron chi connectivity index (χ0n) is 17.6. The van der Waals surface area contributed by atoms with Gasteiger partial charge in [-0.15, -0.1) is 0 Å². The maximum absolute atomic E-state index is 11.8. The second kappa shape index (κ2) is 7.02. The summed E-state index contributed by atoms with van der Waals surface area (Å²) in [5, 5.41) is 14.2. The number of hydrogen-bond donors (Lipinski definition) is 2. The topological polar surface area (TPSA) is 130 Å². The number of methoxy groups -OCH3 is 1. The summed E-state index contributed by atoms with van der Waals surface area (Å²) in [6, 6.07) is 1.84. The first-order valence-electron chi connectivity index (χ1n) is 9.64. The minimum atomic E-state index is -0.873. The second-order valence-electron chi connectivity index (χ2n) is 8.20. The van der Waals surface area contributed by atoms with Crippen molar-refractivity contribution in [2.75, 3.05) is 19.5 Å². The molecule has 2 aromatic heterocycles. The zero-order valence-corrected chi connectivity index (χ0v) is 17.6. The van der Waals surface area contributed by atoms with Crippen molar-refractivity contribution < 1.29 is 28.8 Å². The summed E-state index contributed by atoms with van der Waals surface area (Å²) in [6.45, 7) is 7.11. The molecule has 4 heterocycles. The lowest BCUT2D eigenvalue weighted by Gasteiger charge is -2.29. The van der Waals surface area contributed by atoms with E-state index in [-0.39, 0.29) is 12.4 Å². The highest BCUT2D eigenvalue weighted by Gasteiger charge is 2.64. The fraction of sp³-hybridized carbons (Fsp3) is 0.550. The number of nitrogen functional groups attached to an aromatic ring is 1. The van der Waals surface area contributed by atoms with Crippen LogP contribution in [0.1, 0.15) is 45.1 Å². The van der Waals surface area contributed by atoms with Crippen molar-refractivity contribution in [2.45, 2.75) is 57.4 Å². The Labute approximate surface area is 173 Å². The summed E-state index contributed by atoms with van der Waals surface area (Å²) in [6.07, 6.45) is 1.08. The van der Waals surface area contributed by atoms with Crippen molar-refractivity contribution in [2.24, 2.45) is 0 Å². The number of rotatable bonds is 4. The van der Waals surface area contributed by atoms with Crippen LogP contribution in [-0.2, 0) is 23.7 Å². The van der Waals surface area contributed by atoms with Gasteiger partial charge in [-0.25, -0.2) is 14.3 Å². The van der Waals surface area contributed by atoms with Gasteiger partial charge in [-0.1, -0.05) is 0 Å². The Hall–Kier alpha value is -2.53. The maximum Gasteiger partial charge on any atom is 0.330 e. The van der Waals surface area contributed by atoms with E-state index >= 15 is 0 Å². The van der Waals surface area contributed by atoms with Crippen LogP contribution in [0.5, 0.6) is 0 Å². The molecule has 4 atom stereocenters. The highest BCUT2D eigenvalue weighted by Crippen LogP contribution is 2.53. The molecule has 0 aromatic carbocycles. The van der Waals surface area contributed by atoms with Gasteiger partial charge in [0.1, 0.15) is 35.8 Å². The largest absolute Gasteiger partial charge is 0.466 e. The molecule has 3 N–H and O–H groups in total. The van der Waals surface area contributed by atoms with Crippen LogP contribution in [0.2, 0.25) is 0 Å². The number of carbonyl (C=O) groups is 1. The third-order valence-electron chi connectivity index (χ3n) is 5.63. The number of aliphatic hydroxyl groups excluding tert-OH is 1. The molecule has 2 fully saturated rings. The number of hydrogen-bond acceptors (Lipinski definition) is 9. The monoisotopic (exact) mass is 418 g/mol. The molecule has 10 nitrogen and oxygen atoms in total. The molecule has 0 spiro atoms. The van der Waals surface area contributed by atoms with Gasteiger partial charge in [0.25, 0.3) is 0 Å². The molecular formula is C20H26N4O6. The number of esters is 1. The Morgan fingerprint density at radius 1 is 1.43 bits per heavy atom. The highest BCUT2D eigenvalue weighted by atomic mass is 16.8. The number of carbonyl (C=O) groups excluding carboxylic acids is 1. The predicted octanol–water partition coefficient (Wildman–Crippen LogP) is 1.23. The fourth-order valence-electron chi connectivity index (χ4n) is 4.46. The lowest BCUT2D eigenvalue weighted by molar-refractivity contribution is -0.207. The van der Waals surface area contributed by atoms with Crippen molar-refractivity contribution in [1.82, 2.24) is 14.6 Å². The molecule has 162 valence electrons. The molecule has 0 bridgehead atoms. The number of aromatic nitrogens is 3. The van der Waals surface area contributed by atoms with Gasteiger partial charge in [-0.05, 0) is 39.3 Å². The van der Waals surface area contributed by atoms with E-state index in [1.54, 1.807) is 11.4 Å². The molecule has 0 aliphatic carbocycles. The van der Waals surface area contributed by atoms with E-state index in [4.69, 9.17) is 24.7 Å². The molecule has 2 aliphatic rings. The van der Waals surface area contributed by atoms with Crippen LogP contribution < -0.4 is 5.73 Å². The molecule has 2 aromatic rings. The number of allylic oxidation sites excluding steroid dienone is 1. The van der Waals surface area contributed by atoms with Crippen molar-refractivity contribution in [1.29, 1.82) is 0 Å². The van der Waals surface area contributed by atoms with Crippen LogP contribution in [0, 0.1) is 0 Å². The lowest BCUT2D eigenvalue weighted by atomic mass is 9.91. The Morgan fingerprint density at radius 2 is 2.17 bits per heavy atom. The number of ether oxygens (including phenoxy) is 4. The van der Waals surface area contributed by atoms with Crippen molar-refractivity contribution >= 4 is 22.9 Å². The smallest absolute Gasteiger partial charge is 0.330 e. The first-order valence-corrected chi connectivity index (χ1v) is 9.64. The number of nitrogens with two attached hydrogens (primary N) is 1. The molecule has 2 aliphatic heterocycles. The number of anilines is 1. The molecule has 4 rings (SSSR count). The van der Waals surface area contributed by atoms with Gasteiger partial charge < -0.3 is 29.8 Å². The van der Waals surface area contributed by atoms with Gasteiger partial charge >= 0.3 is 5.97 Å². The Morgan fingerprint density at radius 3 is 2.83 bits per heavy atom. The fourth-order valence-corrected chi connectivity index (χ4v) is 4.46. The summed E-state index contributed by atoms with van der Waals surface area (Å²) < 4.78 is 24.8. The third-order valence-corrected chi connectivity index (χ3v) is 5.63. The third kappa shape index (κ3) is 3.07. The number of nitrogens with zero attached hydrogens (tertiary/aromatic N) is 3. The van der Waals surface area contributed by atoms with Crippen molar-refractivity contribution in [3.8, 4) is 0 Å². The van der Waals surface area contributed by atoms with E-state index in [1.165, 1.54) is 19.5 Å². The van der Waals surface area contributed by atoms with Gasteiger partial charge in [-0.2, -0.15) is 5.10 Å². The van der Waals surface area contributed by atoms with Crippen molar-refractivity contribution in [3.63, 3.8) is 0 Å². The van der Waals surface area contributed by atoms with Gasteiger partial charge in [0, 0.05) is 11.6 Å². The zero-order chi connectivity index (χ0) is 21.8. The SMILES string of the molecule is COC(=O)C=C(C)c1cc([C@@H]2O[C@H](CO)[C@H]3OC(C)(C)O[C@]32C)n2ncnc(N)c12. The molecule has 0 radical (unpaired) electrons. The molecular weight excluding hydrogens is 392 g/mol. The highest BCUT2D eigenvalue weighted by molar-refractivity contribution is 5.95. The van der Waals surface area contributed by atoms with Gasteiger partial charge in [0.05, 0.1) is 19.4 Å². The molecule has 0 saturated carbocycles. The number of fused-ring (bicyclic) bond motifs is 2. The quantitative estimate of drug-likeness (QED) is 0.556. The Balaban J connectivity index is 1.89. The number of aliphatic hydroxyl groups is 1. The first-order chi connectivity index (χ1) is 14.1. The minimum Gasteiger partial charge on any atom is -0.466 e. The minimum absolute atomic E-state index is 0.218. The van der Waals surface area contributed by atoms with E-state index in [2.05, 4.69) is 10.1 Å². The normalized spacial score (nSPS) is 30.6. The van der Waals surface area contributed by atoms with Crippen LogP contribution in [0.4, 0.5) is 5.82 Å². The van der Waals surface area contributed by atoms with Crippen LogP contribution in [-0.4, -0.2) is 63.0 Å². The summed E-state index contributed by atoms with van der Waals surface area (Å²) in [5.74, 6) is -1.06. The summed E-state index contributed by atoms with van der Waals surface area (Å²) >= 11 is 0. The van der Waals surface area contributed by atoms with Crippen LogP contribution in [0.3, 0.4) is 0 Å². The Kier molecular flexibility index (Phi) is 4.85. The molecule has 0 amide bonds. The van der Waals surface area contributed by atoms with E-state index in [0.717, 1.165) is 0 Å². The van der Waals surface area contributed by atoms with Gasteiger partial charge in [0.2, 0.25) is 0 Å². The van der Waals surface area contributed by atoms with Gasteiger partial charge in [-0.3, -0.25) is 0 Å². The van der Waals surface area contributed by atoms with E-state index in [1.807, 2.05) is 26.8 Å². The maximum atomic E-state index is 11.8. The predicted molar refractivity (Wildman–Crippen MR) is 106 cm³/mol. The summed E-state index contributed by atoms with van der Waals surface area (Å²) in [4.78, 5) is 15.9. The Bertz CT molecular complexity index is 1030. The summed E-state index contributed by atoms with van der Waals surface area (Å²) in [5.41, 5.74) is 7.78. The van der Waals surface area contributed by atoms with Crippen LogP contribution in [0.15, 0.2) is 18.5 Å². The standard InChI is InChI=1S/C20H26N4O6/c1-10(6-14(26)27-5)11-7-12(24-15(11)18(21)22-9-23-24)16-20(4)17(13(8-25)28-16)29-19(2,3)30-20/h6-7,9,13,16-17,25H,8H2,1-5H3,(H2,21,22,23)/t13-,16+,17-,20+/m1/s1. The van der Waals surface area contributed by atoms with Crippen LogP contribution >= 0.6 is 0 Å². The molecule has 10 heteroatoms. The first kappa shape index (κ1) is 20.7. The summed E-state index contributed by atoms with van der Waals surface area (Å²) in [7, 11) is 1.31. The van der Waals surface area contributed by atoms with Gasteiger partial charge in [0.15, 0.2) is 11.6 Å². The van der Waals surface area contributed by atoms with Crippen LogP contribution in [0.25, 0.3) is 11.1 Å².